The minimum absolute atomic E-state index is 0.180. The molecule has 2 N–H and O–H groups in total. The molecule has 1 saturated carbocycles. The number of nitrogens with zero attached hydrogens (tertiary/aromatic N) is 2. The third kappa shape index (κ3) is 2.69. The maximum atomic E-state index is 12.0. The van der Waals surface area contributed by atoms with Crippen molar-refractivity contribution in [2.75, 3.05) is 13.6 Å². The van der Waals surface area contributed by atoms with Crippen molar-refractivity contribution in [1.82, 2.24) is 15.1 Å². The lowest BCUT2D eigenvalue weighted by Gasteiger charge is -2.18. The second-order valence-corrected chi connectivity index (χ2v) is 4.91. The molecule has 0 spiro atoms. The summed E-state index contributed by atoms with van der Waals surface area (Å²) in [5.74, 6) is -1.22. The summed E-state index contributed by atoms with van der Waals surface area (Å²) < 4.78 is 0. The highest BCUT2D eigenvalue weighted by atomic mass is 16.4. The summed E-state index contributed by atoms with van der Waals surface area (Å²) in [5, 5.41) is 15.7. The van der Waals surface area contributed by atoms with Gasteiger partial charge in [0.2, 0.25) is 0 Å². The lowest BCUT2D eigenvalue weighted by Crippen LogP contribution is -2.33. The first-order chi connectivity index (χ1) is 8.49. The highest BCUT2D eigenvalue weighted by Crippen LogP contribution is 2.39. The zero-order valence-corrected chi connectivity index (χ0v) is 10.5. The van der Waals surface area contributed by atoms with E-state index in [2.05, 4.69) is 10.2 Å². The second kappa shape index (κ2) is 4.80. The van der Waals surface area contributed by atoms with E-state index in [1.165, 1.54) is 4.90 Å². The summed E-state index contributed by atoms with van der Waals surface area (Å²) in [6.07, 6.45) is 2.28. The van der Waals surface area contributed by atoms with E-state index in [0.29, 0.717) is 11.6 Å². The van der Waals surface area contributed by atoms with Gasteiger partial charge in [0.05, 0.1) is 5.92 Å². The van der Waals surface area contributed by atoms with Crippen LogP contribution in [0, 0.1) is 5.92 Å². The summed E-state index contributed by atoms with van der Waals surface area (Å²) in [6, 6.07) is 1.77. The molecule has 0 aromatic carbocycles. The van der Waals surface area contributed by atoms with Gasteiger partial charge in [0.1, 0.15) is 5.69 Å². The van der Waals surface area contributed by atoms with E-state index in [4.69, 9.17) is 5.11 Å². The Kier molecular flexibility index (Phi) is 3.36. The Morgan fingerprint density at radius 1 is 1.61 bits per heavy atom. The molecule has 1 fully saturated rings. The second-order valence-electron chi connectivity index (χ2n) is 4.91. The summed E-state index contributed by atoms with van der Waals surface area (Å²) in [4.78, 5) is 24.1. The van der Waals surface area contributed by atoms with Crippen LogP contribution >= 0.6 is 0 Å². The number of rotatable bonds is 5. The van der Waals surface area contributed by atoms with E-state index in [1.54, 1.807) is 20.0 Å². The van der Waals surface area contributed by atoms with E-state index in [9.17, 15) is 9.59 Å². The fraction of sp³-hybridized carbons (Fsp3) is 0.583. The van der Waals surface area contributed by atoms with Crippen LogP contribution in [0.4, 0.5) is 0 Å². The van der Waals surface area contributed by atoms with Gasteiger partial charge in [-0.1, -0.05) is 6.92 Å². The smallest absolute Gasteiger partial charge is 0.308 e. The van der Waals surface area contributed by atoms with Crippen LogP contribution in [0.3, 0.4) is 0 Å². The molecule has 0 saturated heterocycles. The van der Waals surface area contributed by atoms with Crippen LogP contribution in [0.5, 0.6) is 0 Å². The number of carbonyl (C=O) groups is 2. The summed E-state index contributed by atoms with van der Waals surface area (Å²) in [6.45, 7) is 1.76. The molecule has 2 rings (SSSR count). The van der Waals surface area contributed by atoms with Crippen LogP contribution in [0.15, 0.2) is 6.07 Å². The van der Waals surface area contributed by atoms with Crippen LogP contribution in [0.25, 0.3) is 0 Å². The third-order valence-electron chi connectivity index (χ3n) is 3.15. The normalized spacial score (nSPS) is 16.3. The molecule has 1 aromatic heterocycles. The maximum absolute atomic E-state index is 12.0. The Bertz CT molecular complexity index is 465. The molecule has 18 heavy (non-hydrogen) atoms. The van der Waals surface area contributed by atoms with Gasteiger partial charge in [-0.3, -0.25) is 14.7 Å². The number of aromatic nitrogens is 2. The molecule has 0 radical (unpaired) electrons. The summed E-state index contributed by atoms with van der Waals surface area (Å²) in [5.41, 5.74) is 1.36. The molecule has 0 bridgehead atoms. The van der Waals surface area contributed by atoms with Gasteiger partial charge in [-0.05, 0) is 18.9 Å². The molecule has 98 valence electrons. The SMILES string of the molecule is CC(CN(C)C(=O)c1cc(C2CC2)[nH]n1)C(=O)O. The number of hydrogen-bond donors (Lipinski definition) is 2. The quantitative estimate of drug-likeness (QED) is 0.819. The van der Waals surface area contributed by atoms with Gasteiger partial charge in [-0.25, -0.2) is 0 Å². The number of carboxylic acids is 1. The van der Waals surface area contributed by atoms with Crippen molar-refractivity contribution in [3.63, 3.8) is 0 Å². The first-order valence-electron chi connectivity index (χ1n) is 6.02. The molecular weight excluding hydrogens is 234 g/mol. The van der Waals surface area contributed by atoms with Crippen molar-refractivity contribution in [3.8, 4) is 0 Å². The largest absolute Gasteiger partial charge is 0.481 e. The molecule has 1 aromatic rings. The summed E-state index contributed by atoms with van der Waals surface area (Å²) in [7, 11) is 1.59. The standard InChI is InChI=1S/C12H17N3O3/c1-7(12(17)18)6-15(2)11(16)10-5-9(13-14-10)8-3-4-8/h5,7-8H,3-4,6H2,1-2H3,(H,13,14)(H,17,18). The average Bonchev–Trinajstić information content (AvgIpc) is 3.06. The molecule has 1 aliphatic carbocycles. The van der Waals surface area contributed by atoms with Crippen LogP contribution in [0.1, 0.15) is 41.9 Å². The number of H-pyrrole nitrogens is 1. The Morgan fingerprint density at radius 3 is 2.83 bits per heavy atom. The van der Waals surface area contributed by atoms with Crippen molar-refractivity contribution in [1.29, 1.82) is 0 Å². The predicted molar refractivity (Wildman–Crippen MR) is 64.3 cm³/mol. The molecule has 6 nitrogen and oxygen atoms in total. The predicted octanol–water partition coefficient (Wildman–Crippen LogP) is 1.08. The number of carbonyl (C=O) groups excluding carboxylic acids is 1. The molecule has 1 heterocycles. The molecule has 1 aliphatic rings. The molecule has 1 unspecified atom stereocenters. The number of amides is 1. The topological polar surface area (TPSA) is 86.3 Å². The van der Waals surface area contributed by atoms with E-state index in [1.807, 2.05) is 0 Å². The third-order valence-corrected chi connectivity index (χ3v) is 3.15. The monoisotopic (exact) mass is 251 g/mol. The van der Waals surface area contributed by atoms with Gasteiger partial charge in [-0.2, -0.15) is 5.10 Å². The number of hydrogen-bond acceptors (Lipinski definition) is 3. The van der Waals surface area contributed by atoms with Crippen molar-refractivity contribution in [3.05, 3.63) is 17.5 Å². The van der Waals surface area contributed by atoms with Crippen LogP contribution in [0.2, 0.25) is 0 Å². The van der Waals surface area contributed by atoms with Crippen LogP contribution in [-0.2, 0) is 4.79 Å². The molecular formula is C12H17N3O3. The van der Waals surface area contributed by atoms with E-state index >= 15 is 0 Å². The fourth-order valence-corrected chi connectivity index (χ4v) is 1.82. The highest BCUT2D eigenvalue weighted by Gasteiger charge is 2.27. The number of aliphatic carboxylic acids is 1. The maximum Gasteiger partial charge on any atom is 0.308 e. The van der Waals surface area contributed by atoms with Gasteiger partial charge in [-0.15, -0.1) is 0 Å². The van der Waals surface area contributed by atoms with E-state index in [-0.39, 0.29) is 12.5 Å². The van der Waals surface area contributed by atoms with Crippen LogP contribution in [-0.4, -0.2) is 45.7 Å². The van der Waals surface area contributed by atoms with Gasteiger partial charge in [0.25, 0.3) is 5.91 Å². The highest BCUT2D eigenvalue weighted by molar-refractivity contribution is 5.92. The van der Waals surface area contributed by atoms with Gasteiger partial charge >= 0.3 is 5.97 Å². The lowest BCUT2D eigenvalue weighted by molar-refractivity contribution is -0.141. The molecule has 0 aliphatic heterocycles. The number of aromatic amines is 1. The zero-order valence-electron chi connectivity index (χ0n) is 10.5. The average molecular weight is 251 g/mol. The van der Waals surface area contributed by atoms with Crippen LogP contribution < -0.4 is 0 Å². The van der Waals surface area contributed by atoms with Crippen molar-refractivity contribution in [2.45, 2.75) is 25.7 Å². The number of carboxylic acid groups (broad SMARTS) is 1. The van der Waals surface area contributed by atoms with Gasteiger partial charge in [0.15, 0.2) is 0 Å². The van der Waals surface area contributed by atoms with Gasteiger partial charge in [0, 0.05) is 25.2 Å². The van der Waals surface area contributed by atoms with E-state index in [0.717, 1.165) is 18.5 Å². The van der Waals surface area contributed by atoms with Crippen molar-refractivity contribution in [2.24, 2.45) is 5.92 Å². The Labute approximate surface area is 105 Å². The Hall–Kier alpha value is -1.85. The van der Waals surface area contributed by atoms with E-state index < -0.39 is 11.9 Å². The van der Waals surface area contributed by atoms with Gasteiger partial charge < -0.3 is 10.0 Å². The van der Waals surface area contributed by atoms with Crippen molar-refractivity contribution < 1.29 is 14.7 Å². The minimum Gasteiger partial charge on any atom is -0.481 e. The Balaban J connectivity index is 1.98. The molecule has 1 atom stereocenters. The summed E-state index contributed by atoms with van der Waals surface area (Å²) >= 11 is 0. The molecule has 1 amide bonds. The zero-order chi connectivity index (χ0) is 13.3. The molecule has 6 heteroatoms. The fourth-order valence-electron chi connectivity index (χ4n) is 1.82. The lowest BCUT2D eigenvalue weighted by atomic mass is 10.1. The first kappa shape index (κ1) is 12.6. The Morgan fingerprint density at radius 2 is 2.28 bits per heavy atom. The number of nitrogens with one attached hydrogen (secondary N) is 1. The van der Waals surface area contributed by atoms with Crippen molar-refractivity contribution >= 4 is 11.9 Å². The minimum atomic E-state index is -0.907. The first-order valence-corrected chi connectivity index (χ1v) is 6.02.